The van der Waals surface area contributed by atoms with Crippen LogP contribution in [0.25, 0.3) is 0 Å². The molecule has 0 saturated carbocycles. The summed E-state index contributed by atoms with van der Waals surface area (Å²) in [5.74, 6) is -1.25. The lowest BCUT2D eigenvalue weighted by Crippen LogP contribution is -2.46. The minimum Gasteiger partial charge on any atom is -0.480 e. The van der Waals surface area contributed by atoms with E-state index in [0.717, 1.165) is 11.5 Å². The minimum atomic E-state index is -1.06. The molecule has 0 aromatic carbocycles. The number of aromatic nitrogens is 2. The second-order valence-electron chi connectivity index (χ2n) is 3.44. The van der Waals surface area contributed by atoms with E-state index in [1.165, 1.54) is 6.20 Å². The molecule has 0 radical (unpaired) electrons. The highest BCUT2D eigenvalue weighted by molar-refractivity contribution is 7.10. The van der Waals surface area contributed by atoms with Crippen LogP contribution in [0.1, 0.15) is 13.8 Å². The van der Waals surface area contributed by atoms with E-state index < -0.39 is 18.0 Å². The number of nitrogens with one attached hydrogen (secondary N) is 2. The van der Waals surface area contributed by atoms with Gasteiger partial charge in [-0.15, -0.1) is 5.10 Å². The van der Waals surface area contributed by atoms with E-state index in [1.54, 1.807) is 13.8 Å². The van der Waals surface area contributed by atoms with E-state index in [2.05, 4.69) is 20.2 Å². The van der Waals surface area contributed by atoms with Gasteiger partial charge in [0.15, 0.2) is 0 Å². The van der Waals surface area contributed by atoms with Gasteiger partial charge < -0.3 is 10.4 Å². The maximum atomic E-state index is 11.4. The fourth-order valence-corrected chi connectivity index (χ4v) is 1.44. The van der Waals surface area contributed by atoms with Gasteiger partial charge in [-0.05, 0) is 5.92 Å². The van der Waals surface area contributed by atoms with Crippen molar-refractivity contribution in [1.82, 2.24) is 14.9 Å². The molecule has 0 aliphatic heterocycles. The first-order valence-electron chi connectivity index (χ1n) is 4.58. The second-order valence-corrected chi connectivity index (χ2v) is 4.23. The highest BCUT2D eigenvalue weighted by Crippen LogP contribution is 2.09. The Morgan fingerprint density at radius 1 is 1.50 bits per heavy atom. The minimum absolute atomic E-state index is 0.192. The molecule has 3 N–H and O–H groups in total. The normalized spacial score (nSPS) is 12.2. The Bertz CT molecular complexity index is 365. The standard InChI is InChI=1S/C8H12N4O3S/c1-4(2)6(7(13)14)11-8(15)10-5-3-9-12-16-5/h3-4,6H,1-2H3,(H,13,14)(H2,10,11,15). The molecule has 1 aromatic rings. The third-order valence-electron chi connectivity index (χ3n) is 1.82. The van der Waals surface area contributed by atoms with Gasteiger partial charge in [0, 0.05) is 11.5 Å². The number of hydrogen-bond donors (Lipinski definition) is 3. The average molecular weight is 244 g/mol. The van der Waals surface area contributed by atoms with Gasteiger partial charge >= 0.3 is 12.0 Å². The van der Waals surface area contributed by atoms with E-state index in [-0.39, 0.29) is 5.92 Å². The monoisotopic (exact) mass is 244 g/mol. The van der Waals surface area contributed by atoms with Crippen LogP contribution in [0, 0.1) is 5.92 Å². The van der Waals surface area contributed by atoms with Crippen LogP contribution in [-0.2, 0) is 4.79 Å². The topological polar surface area (TPSA) is 104 Å². The van der Waals surface area contributed by atoms with Crippen LogP contribution < -0.4 is 10.6 Å². The third kappa shape index (κ3) is 3.46. The fourth-order valence-electron chi connectivity index (χ4n) is 1.03. The summed E-state index contributed by atoms with van der Waals surface area (Å²) < 4.78 is 3.56. The van der Waals surface area contributed by atoms with Crippen molar-refractivity contribution in [1.29, 1.82) is 0 Å². The number of urea groups is 1. The first-order valence-corrected chi connectivity index (χ1v) is 5.35. The zero-order chi connectivity index (χ0) is 12.1. The predicted octanol–water partition coefficient (Wildman–Crippen LogP) is 0.769. The van der Waals surface area contributed by atoms with E-state index in [1.807, 2.05) is 0 Å². The highest BCUT2D eigenvalue weighted by Gasteiger charge is 2.23. The van der Waals surface area contributed by atoms with Crippen molar-refractivity contribution in [3.05, 3.63) is 6.20 Å². The van der Waals surface area contributed by atoms with Gasteiger partial charge in [0.25, 0.3) is 0 Å². The number of carbonyl (C=O) groups is 2. The summed E-state index contributed by atoms with van der Waals surface area (Å²) in [6.45, 7) is 3.43. The average Bonchev–Trinajstić information content (AvgIpc) is 2.65. The number of nitrogens with zero attached hydrogens (tertiary/aromatic N) is 2. The molecule has 88 valence electrons. The van der Waals surface area contributed by atoms with Crippen molar-refractivity contribution in [2.75, 3.05) is 5.32 Å². The van der Waals surface area contributed by atoms with Crippen LogP contribution in [0.2, 0.25) is 0 Å². The molecule has 0 fully saturated rings. The van der Waals surface area contributed by atoms with Crippen LogP contribution in [0.15, 0.2) is 6.20 Å². The molecule has 1 rings (SSSR count). The van der Waals surface area contributed by atoms with Crippen LogP contribution >= 0.6 is 11.5 Å². The number of amides is 2. The van der Waals surface area contributed by atoms with E-state index in [9.17, 15) is 9.59 Å². The number of carbonyl (C=O) groups excluding carboxylic acids is 1. The van der Waals surface area contributed by atoms with Crippen molar-refractivity contribution in [3.8, 4) is 0 Å². The first-order chi connectivity index (χ1) is 7.50. The smallest absolute Gasteiger partial charge is 0.326 e. The Morgan fingerprint density at radius 2 is 2.19 bits per heavy atom. The lowest BCUT2D eigenvalue weighted by molar-refractivity contribution is -0.140. The number of rotatable bonds is 4. The molecule has 0 saturated heterocycles. The maximum Gasteiger partial charge on any atom is 0.326 e. The first kappa shape index (κ1) is 12.4. The summed E-state index contributed by atoms with van der Waals surface area (Å²) in [7, 11) is 0. The molecule has 0 aliphatic carbocycles. The summed E-state index contributed by atoms with van der Waals surface area (Å²) in [4.78, 5) is 22.2. The van der Waals surface area contributed by atoms with Crippen molar-refractivity contribution >= 4 is 28.5 Å². The Labute approximate surface area is 96.0 Å². The lowest BCUT2D eigenvalue weighted by atomic mass is 10.1. The molecule has 7 nitrogen and oxygen atoms in total. The number of carboxylic acids is 1. The molecule has 1 aromatic heterocycles. The summed E-state index contributed by atoms with van der Waals surface area (Å²) in [6, 6.07) is -1.49. The Hall–Kier alpha value is -1.70. The molecule has 0 spiro atoms. The fraction of sp³-hybridized carbons (Fsp3) is 0.500. The van der Waals surface area contributed by atoms with Crippen molar-refractivity contribution < 1.29 is 14.7 Å². The van der Waals surface area contributed by atoms with E-state index in [4.69, 9.17) is 5.11 Å². The third-order valence-corrected chi connectivity index (χ3v) is 2.40. The molecule has 0 bridgehead atoms. The van der Waals surface area contributed by atoms with Gasteiger partial charge in [0.2, 0.25) is 0 Å². The number of anilines is 1. The predicted molar refractivity (Wildman–Crippen MR) is 58.3 cm³/mol. The number of carboxylic acid groups (broad SMARTS) is 1. The quantitative estimate of drug-likeness (QED) is 0.725. The lowest BCUT2D eigenvalue weighted by Gasteiger charge is -2.17. The van der Waals surface area contributed by atoms with Crippen molar-refractivity contribution in [2.24, 2.45) is 5.92 Å². The van der Waals surface area contributed by atoms with Gasteiger partial charge in [0.05, 0.1) is 6.20 Å². The maximum absolute atomic E-state index is 11.4. The van der Waals surface area contributed by atoms with Crippen molar-refractivity contribution in [2.45, 2.75) is 19.9 Å². The summed E-state index contributed by atoms with van der Waals surface area (Å²) in [6.07, 6.45) is 1.38. The molecule has 8 heteroatoms. The zero-order valence-electron chi connectivity index (χ0n) is 8.80. The zero-order valence-corrected chi connectivity index (χ0v) is 9.61. The van der Waals surface area contributed by atoms with Crippen LogP contribution in [0.3, 0.4) is 0 Å². The van der Waals surface area contributed by atoms with Gasteiger partial charge in [-0.1, -0.05) is 18.3 Å². The molecule has 0 aliphatic rings. The van der Waals surface area contributed by atoms with Gasteiger partial charge in [0.1, 0.15) is 11.0 Å². The molecule has 2 amide bonds. The highest BCUT2D eigenvalue weighted by atomic mass is 32.1. The van der Waals surface area contributed by atoms with Gasteiger partial charge in [-0.3, -0.25) is 5.32 Å². The van der Waals surface area contributed by atoms with Crippen LogP contribution in [0.5, 0.6) is 0 Å². The molecular formula is C8H12N4O3S. The van der Waals surface area contributed by atoms with Crippen LogP contribution in [-0.4, -0.2) is 32.7 Å². The Kier molecular flexibility index (Phi) is 4.18. The van der Waals surface area contributed by atoms with Gasteiger partial charge in [-0.2, -0.15) is 0 Å². The SMILES string of the molecule is CC(C)C(NC(=O)Nc1cnns1)C(=O)O. The second kappa shape index (κ2) is 5.40. The Balaban J connectivity index is 2.52. The van der Waals surface area contributed by atoms with Crippen molar-refractivity contribution in [3.63, 3.8) is 0 Å². The van der Waals surface area contributed by atoms with Crippen LogP contribution in [0.4, 0.5) is 9.80 Å². The molecule has 16 heavy (non-hydrogen) atoms. The molecular weight excluding hydrogens is 232 g/mol. The summed E-state index contributed by atoms with van der Waals surface area (Å²) in [5, 5.41) is 17.6. The van der Waals surface area contributed by atoms with E-state index in [0.29, 0.717) is 5.00 Å². The Morgan fingerprint density at radius 3 is 2.62 bits per heavy atom. The molecule has 1 heterocycles. The number of aliphatic carboxylic acids is 1. The number of hydrogen-bond acceptors (Lipinski definition) is 5. The molecule has 1 unspecified atom stereocenters. The molecule has 1 atom stereocenters. The van der Waals surface area contributed by atoms with E-state index >= 15 is 0 Å². The summed E-state index contributed by atoms with van der Waals surface area (Å²) in [5.41, 5.74) is 0. The summed E-state index contributed by atoms with van der Waals surface area (Å²) >= 11 is 1.01. The van der Waals surface area contributed by atoms with Gasteiger partial charge in [-0.25, -0.2) is 9.59 Å². The largest absolute Gasteiger partial charge is 0.480 e.